The van der Waals surface area contributed by atoms with Crippen LogP contribution in [0.5, 0.6) is 0 Å². The summed E-state index contributed by atoms with van der Waals surface area (Å²) in [6.07, 6.45) is 2.14. The normalized spacial score (nSPS) is 16.1. The van der Waals surface area contributed by atoms with Gasteiger partial charge in [-0.2, -0.15) is 0 Å². The predicted octanol–water partition coefficient (Wildman–Crippen LogP) is -0.291. The summed E-state index contributed by atoms with van der Waals surface area (Å²) < 4.78 is 23.7. The fourth-order valence-electron chi connectivity index (χ4n) is 1.48. The second-order valence-corrected chi connectivity index (χ2v) is 6.77. The third kappa shape index (κ3) is 83.4. The van der Waals surface area contributed by atoms with Crippen LogP contribution in [0.2, 0.25) is 0 Å². The monoisotopic (exact) mass is 582 g/mol. The van der Waals surface area contributed by atoms with E-state index in [4.69, 9.17) is 44.8 Å². The van der Waals surface area contributed by atoms with Gasteiger partial charge in [-0.05, 0) is 34.0 Å². The Kier molecular flexibility index (Phi) is 85.8. The molecule has 0 aromatic heterocycles. The van der Waals surface area contributed by atoms with Crippen molar-refractivity contribution in [2.24, 2.45) is 5.73 Å². The summed E-state index contributed by atoms with van der Waals surface area (Å²) in [6.45, 7) is 10.8. The zero-order valence-electron chi connectivity index (χ0n) is 24.6. The Morgan fingerprint density at radius 1 is 0.974 bits per heavy atom. The van der Waals surface area contributed by atoms with Crippen LogP contribution < -0.4 is 16.4 Å². The highest BCUT2D eigenvalue weighted by Crippen LogP contribution is 2.10. The first-order chi connectivity index (χ1) is 16.8. The molecule has 0 aromatic carbocycles. The van der Waals surface area contributed by atoms with Crippen molar-refractivity contribution in [2.45, 2.75) is 59.0 Å². The van der Waals surface area contributed by atoms with E-state index in [0.29, 0.717) is 32.0 Å². The lowest BCUT2D eigenvalue weighted by molar-refractivity contribution is -0.106. The molecule has 2 fully saturated rings. The first kappa shape index (κ1) is 57.5. The molecule has 2 heterocycles. The molecule has 0 spiro atoms. The van der Waals surface area contributed by atoms with Crippen molar-refractivity contribution in [3.05, 3.63) is 0 Å². The molecule has 0 aliphatic carbocycles. The third-order valence-electron chi connectivity index (χ3n) is 3.23. The molecule has 0 aromatic rings. The first-order valence-corrected chi connectivity index (χ1v) is 11.7. The van der Waals surface area contributed by atoms with E-state index in [1.807, 2.05) is 21.0 Å². The summed E-state index contributed by atoms with van der Waals surface area (Å²) in [6, 6.07) is 0. The molecule has 4 atom stereocenters. The minimum Gasteiger partial charge on any atom is -0.400 e. The van der Waals surface area contributed by atoms with Gasteiger partial charge in [-0.15, -0.1) is 12.4 Å². The number of carbonyl (C=O) groups excluding carboxylic acids is 1. The number of likely N-dealkylation sites (N-methyl/N-ethyl adjacent to an activating group) is 1. The lowest BCUT2D eigenvalue weighted by Gasteiger charge is -2.08. The molecule has 0 amide bonds. The lowest BCUT2D eigenvalue weighted by atomic mass is 10.4. The van der Waals surface area contributed by atoms with E-state index in [2.05, 4.69) is 22.3 Å². The van der Waals surface area contributed by atoms with Gasteiger partial charge in [-0.1, -0.05) is 21.3 Å². The highest BCUT2D eigenvalue weighted by molar-refractivity contribution is 5.85. The van der Waals surface area contributed by atoms with Gasteiger partial charge < -0.3 is 60.2 Å². The molecule has 12 nitrogen and oxygen atoms in total. The van der Waals surface area contributed by atoms with Crippen LogP contribution in [-0.2, 0) is 28.5 Å². The summed E-state index contributed by atoms with van der Waals surface area (Å²) in [5.41, 5.74) is 5.03. The Bertz CT molecular complexity index is 353. The van der Waals surface area contributed by atoms with Gasteiger partial charge in [0.2, 0.25) is 0 Å². The number of hydrogen-bond donors (Lipinski definition) is 6. The van der Waals surface area contributed by atoms with E-state index in [9.17, 15) is 0 Å². The van der Waals surface area contributed by atoms with Crippen LogP contribution in [-0.4, -0.2) is 150 Å². The fraction of sp³-hybridized carbons (Fsp3) is 0.958. The molecule has 0 saturated carbocycles. The van der Waals surface area contributed by atoms with Crippen molar-refractivity contribution >= 4 is 27.1 Å². The van der Waals surface area contributed by atoms with Crippen molar-refractivity contribution in [2.75, 3.05) is 95.2 Å². The first-order valence-electron chi connectivity index (χ1n) is 11.7. The molecule has 3 radical (unpaired) electrons. The van der Waals surface area contributed by atoms with E-state index in [-0.39, 0.29) is 40.9 Å². The maximum absolute atomic E-state index is 8.99. The number of nitrogens with two attached hydrogens (primary N) is 1. The van der Waals surface area contributed by atoms with Crippen LogP contribution in [0.1, 0.15) is 34.6 Å². The maximum atomic E-state index is 8.99. The predicted molar refractivity (Wildman–Crippen MR) is 160 cm³/mol. The van der Waals surface area contributed by atoms with Crippen molar-refractivity contribution in [3.8, 4) is 0 Å². The van der Waals surface area contributed by atoms with Crippen LogP contribution in [0, 0.1) is 0 Å². The molecule has 4 unspecified atom stereocenters. The molecule has 2 saturated heterocycles. The number of aliphatic hydroxyl groups excluding tert-OH is 3. The number of aldehydes is 1. The molecular formula is C24H62BClN3O9. The summed E-state index contributed by atoms with van der Waals surface area (Å²) in [7, 11) is 9.54. The summed E-state index contributed by atoms with van der Waals surface area (Å²) in [5, 5.41) is 30.4. The van der Waals surface area contributed by atoms with Crippen molar-refractivity contribution in [1.82, 2.24) is 10.6 Å². The second kappa shape index (κ2) is 56.7. The topological polar surface area (TPSA) is 181 Å². The molecule has 2 rings (SSSR count). The zero-order valence-corrected chi connectivity index (χ0v) is 25.4. The summed E-state index contributed by atoms with van der Waals surface area (Å²) in [5.74, 6) is 0. The number of nitrogens with one attached hydrogen (secondary N) is 2. The number of halogens is 1. The van der Waals surface area contributed by atoms with E-state index in [0.717, 1.165) is 39.8 Å². The number of hydrogen-bond acceptors (Lipinski definition) is 12. The van der Waals surface area contributed by atoms with Gasteiger partial charge in [0.1, 0.15) is 12.4 Å². The molecule has 7 N–H and O–H groups in total. The van der Waals surface area contributed by atoms with Crippen LogP contribution in [0.15, 0.2) is 0 Å². The standard InChI is InChI=1S/C6H15NO2.C4H11NO2.C4H8O2.C4H8O.C2H7N.C2H4O.CH4O.CH4.B.ClH/c1-3-7-4-6(8)5-9-2;1-7-3-4(6)2-5;1-5-2-4-3-6-4;1-2-4-3-5-4;1-3-2;1-2-3;1-2;;;/h6-8H,3-5H2,1-2H3;4,6H,2-3,5H2,1H3;4H,2-3H2,1H3;4H,2-3H2,1H3;3H,1-2H3;2H,1H3;2H,1H3;1H4;;1H. The van der Waals surface area contributed by atoms with E-state index in [1.165, 1.54) is 20.5 Å². The van der Waals surface area contributed by atoms with E-state index >= 15 is 0 Å². The Morgan fingerprint density at radius 3 is 1.50 bits per heavy atom. The molecule has 0 bridgehead atoms. The Labute approximate surface area is 241 Å². The second-order valence-electron chi connectivity index (χ2n) is 6.77. The molecule has 237 valence electrons. The third-order valence-corrected chi connectivity index (χ3v) is 3.23. The van der Waals surface area contributed by atoms with Gasteiger partial charge in [0.25, 0.3) is 0 Å². The molecule has 38 heavy (non-hydrogen) atoms. The maximum Gasteiger partial charge on any atom is 0.116 e. The number of rotatable bonds is 11. The van der Waals surface area contributed by atoms with Gasteiger partial charge in [0.15, 0.2) is 0 Å². The van der Waals surface area contributed by atoms with Crippen LogP contribution >= 0.6 is 12.4 Å². The van der Waals surface area contributed by atoms with Crippen molar-refractivity contribution < 1.29 is 43.8 Å². The largest absolute Gasteiger partial charge is 0.400 e. The number of ether oxygens (including phenoxy) is 5. The fourth-order valence-corrected chi connectivity index (χ4v) is 1.48. The van der Waals surface area contributed by atoms with Gasteiger partial charge in [0.05, 0.1) is 51.3 Å². The smallest absolute Gasteiger partial charge is 0.116 e. The average Bonchev–Trinajstić information content (AvgIpc) is 3.77. The van der Waals surface area contributed by atoms with Gasteiger partial charge in [-0.25, -0.2) is 0 Å². The number of aliphatic hydroxyl groups is 3. The quantitative estimate of drug-likeness (QED) is 0.107. The molecule has 14 heteroatoms. The summed E-state index contributed by atoms with van der Waals surface area (Å²) >= 11 is 0. The molecular weight excluding hydrogens is 521 g/mol. The minimum atomic E-state index is -0.495. The highest BCUT2D eigenvalue weighted by atomic mass is 35.5. The van der Waals surface area contributed by atoms with Gasteiger partial charge in [-0.3, -0.25) is 0 Å². The highest BCUT2D eigenvalue weighted by Gasteiger charge is 2.21. The average molecular weight is 583 g/mol. The molecule has 2 aliphatic rings. The van der Waals surface area contributed by atoms with Crippen LogP contribution in [0.3, 0.4) is 0 Å². The Balaban J connectivity index is -0.0000000475. The number of epoxide rings is 2. The lowest BCUT2D eigenvalue weighted by Crippen LogP contribution is -2.29. The number of methoxy groups -OCH3 is 3. The SMILES string of the molecule is C.CC=O.CCC1CO1.CCNCC(O)COC.CNC.CO.COCC(O)CN.COCC1CO1.Cl.[B]. The minimum absolute atomic E-state index is 0. The van der Waals surface area contributed by atoms with E-state index < -0.39 is 6.10 Å². The number of carbonyl (C=O) groups is 1. The van der Waals surface area contributed by atoms with Crippen LogP contribution in [0.25, 0.3) is 0 Å². The van der Waals surface area contributed by atoms with Crippen LogP contribution in [0.4, 0.5) is 0 Å². The van der Waals surface area contributed by atoms with Gasteiger partial charge >= 0.3 is 0 Å². The zero-order chi connectivity index (χ0) is 28.3. The van der Waals surface area contributed by atoms with Crippen molar-refractivity contribution in [1.29, 1.82) is 0 Å². The summed E-state index contributed by atoms with van der Waals surface area (Å²) in [4.78, 5) is 8.81. The van der Waals surface area contributed by atoms with Gasteiger partial charge in [0, 0.05) is 49.9 Å². The Hall–Kier alpha value is -0.415. The van der Waals surface area contributed by atoms with Crippen molar-refractivity contribution in [3.63, 3.8) is 0 Å². The Morgan fingerprint density at radius 2 is 1.34 bits per heavy atom. The van der Waals surface area contributed by atoms with E-state index in [1.54, 1.807) is 14.2 Å². The molecule has 2 aliphatic heterocycles.